The lowest BCUT2D eigenvalue weighted by molar-refractivity contribution is -0.185. The summed E-state index contributed by atoms with van der Waals surface area (Å²) in [7, 11) is 0. The molecule has 2 N–H and O–H groups in total. The third-order valence-corrected chi connectivity index (χ3v) is 4.91. The Balaban J connectivity index is 2.26. The van der Waals surface area contributed by atoms with E-state index in [1.165, 1.54) is 51.4 Å². The fourth-order valence-corrected chi connectivity index (χ4v) is 3.27. The van der Waals surface area contributed by atoms with Crippen molar-refractivity contribution in [1.82, 2.24) is 0 Å². The SMILES string of the molecule is CCCCCCCCCCCCC(O)(COCCOCCO)Oc1ccccc1. The summed E-state index contributed by atoms with van der Waals surface area (Å²) in [6, 6.07) is 9.38. The van der Waals surface area contributed by atoms with Gasteiger partial charge in [0.2, 0.25) is 5.79 Å². The van der Waals surface area contributed by atoms with Gasteiger partial charge in [0.25, 0.3) is 0 Å². The molecule has 0 aliphatic heterocycles. The molecule has 1 aromatic carbocycles. The lowest BCUT2D eigenvalue weighted by Crippen LogP contribution is -2.41. The minimum atomic E-state index is -1.33. The van der Waals surface area contributed by atoms with Crippen LogP contribution >= 0.6 is 0 Å². The summed E-state index contributed by atoms with van der Waals surface area (Å²) in [5.74, 6) is -0.694. The lowest BCUT2D eigenvalue weighted by Gasteiger charge is -2.29. The molecule has 0 radical (unpaired) electrons. The van der Waals surface area contributed by atoms with Crippen molar-refractivity contribution >= 4 is 0 Å². The quantitative estimate of drug-likeness (QED) is 0.231. The van der Waals surface area contributed by atoms with Crippen LogP contribution in [0.5, 0.6) is 5.75 Å². The summed E-state index contributed by atoms with van der Waals surface area (Å²) >= 11 is 0. The molecule has 1 atom stereocenters. The zero-order valence-electron chi connectivity index (χ0n) is 18.3. The fourth-order valence-electron chi connectivity index (χ4n) is 3.27. The Hall–Kier alpha value is -1.14. The van der Waals surface area contributed by atoms with E-state index in [4.69, 9.17) is 19.3 Å². The van der Waals surface area contributed by atoms with E-state index in [2.05, 4.69) is 6.92 Å². The number of hydrogen-bond donors (Lipinski definition) is 2. The van der Waals surface area contributed by atoms with Crippen molar-refractivity contribution in [2.24, 2.45) is 0 Å². The minimum Gasteiger partial charge on any atom is -0.460 e. The first-order valence-corrected chi connectivity index (χ1v) is 11.4. The average Bonchev–Trinajstić information content (AvgIpc) is 2.73. The highest BCUT2D eigenvalue weighted by atomic mass is 16.6. The van der Waals surface area contributed by atoms with Crippen LogP contribution in [0.2, 0.25) is 0 Å². The lowest BCUT2D eigenvalue weighted by atomic mass is 10.0. The Morgan fingerprint density at radius 3 is 1.97 bits per heavy atom. The summed E-state index contributed by atoms with van der Waals surface area (Å²) in [4.78, 5) is 0. The van der Waals surface area contributed by atoms with Crippen molar-refractivity contribution in [2.75, 3.05) is 33.0 Å². The maximum absolute atomic E-state index is 11.0. The van der Waals surface area contributed by atoms with E-state index in [1.54, 1.807) is 0 Å². The molecule has 29 heavy (non-hydrogen) atoms. The van der Waals surface area contributed by atoms with Gasteiger partial charge in [0, 0.05) is 6.42 Å². The van der Waals surface area contributed by atoms with E-state index >= 15 is 0 Å². The van der Waals surface area contributed by atoms with Gasteiger partial charge in [-0.05, 0) is 18.6 Å². The molecule has 5 nitrogen and oxygen atoms in total. The van der Waals surface area contributed by atoms with E-state index in [0.717, 1.165) is 12.8 Å². The normalized spacial score (nSPS) is 13.3. The molecule has 1 unspecified atom stereocenters. The number of ether oxygens (including phenoxy) is 3. The van der Waals surface area contributed by atoms with Gasteiger partial charge < -0.3 is 24.4 Å². The van der Waals surface area contributed by atoms with E-state index in [9.17, 15) is 5.11 Å². The molecule has 0 saturated heterocycles. The number of hydrogen-bond acceptors (Lipinski definition) is 5. The van der Waals surface area contributed by atoms with Gasteiger partial charge >= 0.3 is 0 Å². The van der Waals surface area contributed by atoms with Gasteiger partial charge in [-0.1, -0.05) is 82.9 Å². The van der Waals surface area contributed by atoms with Crippen molar-refractivity contribution in [3.8, 4) is 5.75 Å². The van der Waals surface area contributed by atoms with Gasteiger partial charge in [0.15, 0.2) is 0 Å². The van der Waals surface area contributed by atoms with Crippen LogP contribution in [0, 0.1) is 0 Å². The Kier molecular flexibility index (Phi) is 15.8. The molecule has 0 aliphatic rings. The van der Waals surface area contributed by atoms with Crippen LogP contribution in [-0.2, 0) is 9.47 Å². The van der Waals surface area contributed by atoms with Gasteiger partial charge in [-0.2, -0.15) is 0 Å². The number of aliphatic hydroxyl groups is 2. The summed E-state index contributed by atoms with van der Waals surface area (Å²) in [5.41, 5.74) is 0. The summed E-state index contributed by atoms with van der Waals surface area (Å²) in [5, 5.41) is 19.7. The number of unbranched alkanes of at least 4 members (excludes halogenated alkanes) is 9. The van der Waals surface area contributed by atoms with E-state index < -0.39 is 5.79 Å². The van der Waals surface area contributed by atoms with Crippen LogP contribution in [0.15, 0.2) is 30.3 Å². The van der Waals surface area contributed by atoms with Gasteiger partial charge in [-0.15, -0.1) is 0 Å². The molecule has 0 saturated carbocycles. The summed E-state index contributed by atoms with van der Waals surface area (Å²) in [6.45, 7) is 3.39. The van der Waals surface area contributed by atoms with Crippen LogP contribution in [0.3, 0.4) is 0 Å². The Labute approximate surface area is 177 Å². The number of benzene rings is 1. The van der Waals surface area contributed by atoms with Gasteiger partial charge in [-0.25, -0.2) is 0 Å². The molecule has 1 rings (SSSR count). The zero-order valence-corrected chi connectivity index (χ0v) is 18.3. The standard InChI is InChI=1S/C24H42O5/c1-2-3-4-5-6-7-8-9-10-14-17-24(26,22-28-21-20-27-19-18-25)29-23-15-12-11-13-16-23/h11-13,15-16,25-26H,2-10,14,17-22H2,1H3. The Bertz CT molecular complexity index is 468. The van der Waals surface area contributed by atoms with Crippen molar-refractivity contribution in [1.29, 1.82) is 0 Å². The molecule has 0 spiro atoms. The zero-order chi connectivity index (χ0) is 21.0. The van der Waals surface area contributed by atoms with Gasteiger partial charge in [0.1, 0.15) is 12.4 Å². The number of rotatable bonds is 20. The molecule has 0 heterocycles. The number of para-hydroxylation sites is 1. The molecule has 1 aromatic rings. The third kappa shape index (κ3) is 14.5. The topological polar surface area (TPSA) is 68.2 Å². The van der Waals surface area contributed by atoms with Gasteiger partial charge in [0.05, 0.1) is 26.4 Å². The van der Waals surface area contributed by atoms with E-state index in [1.807, 2.05) is 30.3 Å². The second kappa shape index (κ2) is 17.7. The van der Waals surface area contributed by atoms with Crippen molar-refractivity contribution in [3.05, 3.63) is 30.3 Å². The smallest absolute Gasteiger partial charge is 0.231 e. The third-order valence-electron chi connectivity index (χ3n) is 4.91. The maximum atomic E-state index is 11.0. The molecule has 168 valence electrons. The summed E-state index contributed by atoms with van der Waals surface area (Å²) < 4.78 is 16.6. The maximum Gasteiger partial charge on any atom is 0.231 e. The van der Waals surface area contributed by atoms with E-state index in [-0.39, 0.29) is 13.2 Å². The first-order valence-electron chi connectivity index (χ1n) is 11.4. The van der Waals surface area contributed by atoms with Crippen LogP contribution in [-0.4, -0.2) is 49.0 Å². The predicted molar refractivity (Wildman–Crippen MR) is 117 cm³/mol. The Morgan fingerprint density at radius 2 is 1.34 bits per heavy atom. The van der Waals surface area contributed by atoms with Crippen molar-refractivity contribution < 1.29 is 24.4 Å². The predicted octanol–water partition coefficient (Wildman–Crippen LogP) is 5.09. The second-order valence-electron chi connectivity index (χ2n) is 7.68. The summed E-state index contributed by atoms with van der Waals surface area (Å²) in [6.07, 6.45) is 13.0. The van der Waals surface area contributed by atoms with Crippen LogP contribution in [0.25, 0.3) is 0 Å². The average molecular weight is 411 g/mol. The van der Waals surface area contributed by atoms with Crippen LogP contribution in [0.1, 0.15) is 77.6 Å². The van der Waals surface area contributed by atoms with Gasteiger partial charge in [-0.3, -0.25) is 0 Å². The molecule has 0 amide bonds. The highest BCUT2D eigenvalue weighted by Gasteiger charge is 2.29. The van der Waals surface area contributed by atoms with Crippen LogP contribution in [0.4, 0.5) is 0 Å². The highest BCUT2D eigenvalue weighted by molar-refractivity contribution is 5.21. The van der Waals surface area contributed by atoms with Crippen LogP contribution < -0.4 is 4.74 Å². The molecule has 5 heteroatoms. The molecule has 0 fully saturated rings. The Morgan fingerprint density at radius 1 is 0.759 bits per heavy atom. The first-order chi connectivity index (χ1) is 14.2. The molecular weight excluding hydrogens is 368 g/mol. The van der Waals surface area contributed by atoms with E-state index in [0.29, 0.717) is 32.0 Å². The van der Waals surface area contributed by atoms with Crippen molar-refractivity contribution in [2.45, 2.75) is 83.3 Å². The molecular formula is C24H42O5. The largest absolute Gasteiger partial charge is 0.460 e. The number of aliphatic hydroxyl groups excluding tert-OH is 1. The highest BCUT2D eigenvalue weighted by Crippen LogP contribution is 2.23. The second-order valence-corrected chi connectivity index (χ2v) is 7.68. The molecule has 0 bridgehead atoms. The monoisotopic (exact) mass is 410 g/mol. The van der Waals surface area contributed by atoms with Crippen molar-refractivity contribution in [3.63, 3.8) is 0 Å². The minimum absolute atomic E-state index is 0.000203. The molecule has 0 aliphatic carbocycles. The molecule has 0 aromatic heterocycles. The first kappa shape index (κ1) is 25.9. The fraction of sp³-hybridized carbons (Fsp3) is 0.750.